The van der Waals surface area contributed by atoms with Crippen LogP contribution in [0.25, 0.3) is 0 Å². The summed E-state index contributed by atoms with van der Waals surface area (Å²) in [5, 5.41) is 13.8. The fourth-order valence-corrected chi connectivity index (χ4v) is 3.02. The molecule has 0 saturated heterocycles. The van der Waals surface area contributed by atoms with E-state index in [9.17, 15) is 9.90 Å². The van der Waals surface area contributed by atoms with Crippen LogP contribution in [0.4, 0.5) is 0 Å². The summed E-state index contributed by atoms with van der Waals surface area (Å²) >= 11 is 0. The van der Waals surface area contributed by atoms with Crippen molar-refractivity contribution in [2.24, 2.45) is 0 Å². The first kappa shape index (κ1) is 15.6. The molecule has 0 radical (unpaired) electrons. The summed E-state index contributed by atoms with van der Waals surface area (Å²) in [7, 11) is 0. The molecule has 0 aromatic heterocycles. The molecule has 0 fully saturated rings. The molecule has 2 aromatic rings. The molecule has 0 spiro atoms. The SMILES string of the molecule is Cc1ccc(C(=O)NCC2(O)CCOc3ccccc32)c(C)c1. The lowest BCUT2D eigenvalue weighted by Gasteiger charge is -2.34. The molecule has 23 heavy (non-hydrogen) atoms. The van der Waals surface area contributed by atoms with E-state index in [1.165, 1.54) is 0 Å². The van der Waals surface area contributed by atoms with Crippen molar-refractivity contribution in [3.05, 3.63) is 64.7 Å². The Labute approximate surface area is 136 Å². The van der Waals surface area contributed by atoms with E-state index in [1.807, 2.05) is 56.3 Å². The zero-order valence-corrected chi connectivity index (χ0v) is 13.4. The number of carbonyl (C=O) groups excluding carboxylic acids is 1. The van der Waals surface area contributed by atoms with Gasteiger partial charge in [0.1, 0.15) is 11.4 Å². The predicted octanol–water partition coefficient (Wildman–Crippen LogP) is 2.70. The minimum absolute atomic E-state index is 0.166. The Bertz CT molecular complexity index is 741. The molecule has 0 bridgehead atoms. The van der Waals surface area contributed by atoms with Gasteiger partial charge in [0.25, 0.3) is 5.91 Å². The molecule has 1 unspecified atom stereocenters. The number of rotatable bonds is 3. The van der Waals surface area contributed by atoms with Crippen LogP contribution >= 0.6 is 0 Å². The Morgan fingerprint density at radius 3 is 2.83 bits per heavy atom. The summed E-state index contributed by atoms with van der Waals surface area (Å²) < 4.78 is 5.57. The van der Waals surface area contributed by atoms with Gasteiger partial charge in [-0.15, -0.1) is 0 Å². The first-order valence-corrected chi connectivity index (χ1v) is 7.80. The van der Waals surface area contributed by atoms with Crippen LogP contribution in [0.2, 0.25) is 0 Å². The fourth-order valence-electron chi connectivity index (χ4n) is 3.02. The highest BCUT2D eigenvalue weighted by atomic mass is 16.5. The van der Waals surface area contributed by atoms with Crippen LogP contribution in [-0.2, 0) is 5.60 Å². The number of amides is 1. The van der Waals surface area contributed by atoms with Crippen LogP contribution in [0.5, 0.6) is 5.75 Å². The topological polar surface area (TPSA) is 58.6 Å². The standard InChI is InChI=1S/C19H21NO3/c1-13-7-8-15(14(2)11-13)18(21)20-12-19(22)9-10-23-17-6-4-3-5-16(17)19/h3-8,11,22H,9-10,12H2,1-2H3,(H,20,21). The van der Waals surface area contributed by atoms with E-state index in [1.54, 1.807) is 0 Å². The van der Waals surface area contributed by atoms with Gasteiger partial charge in [-0.2, -0.15) is 0 Å². The molecule has 4 heteroatoms. The van der Waals surface area contributed by atoms with E-state index in [2.05, 4.69) is 5.32 Å². The average Bonchev–Trinajstić information content (AvgIpc) is 2.53. The smallest absolute Gasteiger partial charge is 0.251 e. The van der Waals surface area contributed by atoms with E-state index >= 15 is 0 Å². The van der Waals surface area contributed by atoms with Gasteiger partial charge in [0.15, 0.2) is 0 Å². The highest BCUT2D eigenvalue weighted by Gasteiger charge is 2.35. The van der Waals surface area contributed by atoms with E-state index < -0.39 is 5.60 Å². The van der Waals surface area contributed by atoms with Crippen molar-refractivity contribution in [3.8, 4) is 5.75 Å². The lowest BCUT2D eigenvalue weighted by atomic mass is 9.88. The molecule has 1 amide bonds. The second-order valence-corrected chi connectivity index (χ2v) is 6.13. The highest BCUT2D eigenvalue weighted by molar-refractivity contribution is 5.95. The van der Waals surface area contributed by atoms with Gasteiger partial charge in [-0.3, -0.25) is 4.79 Å². The van der Waals surface area contributed by atoms with Crippen molar-refractivity contribution in [1.29, 1.82) is 0 Å². The normalized spacial score (nSPS) is 19.6. The minimum atomic E-state index is -1.09. The molecule has 3 rings (SSSR count). The molecule has 2 aromatic carbocycles. The third kappa shape index (κ3) is 3.08. The maximum absolute atomic E-state index is 12.4. The fraction of sp³-hybridized carbons (Fsp3) is 0.316. The largest absolute Gasteiger partial charge is 0.493 e. The van der Waals surface area contributed by atoms with Crippen LogP contribution in [0, 0.1) is 13.8 Å². The van der Waals surface area contributed by atoms with Gasteiger partial charge < -0.3 is 15.2 Å². The monoisotopic (exact) mass is 311 g/mol. The van der Waals surface area contributed by atoms with Crippen LogP contribution in [0.15, 0.2) is 42.5 Å². The lowest BCUT2D eigenvalue weighted by molar-refractivity contribution is -0.00161. The van der Waals surface area contributed by atoms with Gasteiger partial charge >= 0.3 is 0 Å². The molecule has 1 heterocycles. The molecule has 120 valence electrons. The second kappa shape index (κ2) is 6.05. The molecular weight excluding hydrogens is 290 g/mol. The number of nitrogens with one attached hydrogen (secondary N) is 1. The Hall–Kier alpha value is -2.33. The van der Waals surface area contributed by atoms with Gasteiger partial charge in [-0.05, 0) is 31.5 Å². The van der Waals surface area contributed by atoms with Gasteiger partial charge in [0.2, 0.25) is 0 Å². The third-order valence-electron chi connectivity index (χ3n) is 4.33. The van der Waals surface area contributed by atoms with Crippen molar-refractivity contribution in [2.45, 2.75) is 25.9 Å². The first-order valence-electron chi connectivity index (χ1n) is 7.80. The van der Waals surface area contributed by atoms with Crippen molar-refractivity contribution in [2.75, 3.05) is 13.2 Å². The zero-order valence-electron chi connectivity index (χ0n) is 13.4. The lowest BCUT2D eigenvalue weighted by Crippen LogP contribution is -2.44. The van der Waals surface area contributed by atoms with Crippen molar-refractivity contribution in [1.82, 2.24) is 5.32 Å². The number of fused-ring (bicyclic) bond motifs is 1. The molecule has 1 aliphatic rings. The van der Waals surface area contributed by atoms with Crippen LogP contribution < -0.4 is 10.1 Å². The number of benzene rings is 2. The summed E-state index contributed by atoms with van der Waals surface area (Å²) in [5.74, 6) is 0.516. The predicted molar refractivity (Wildman–Crippen MR) is 88.7 cm³/mol. The number of hydrogen-bond acceptors (Lipinski definition) is 3. The first-order chi connectivity index (χ1) is 11.0. The van der Waals surface area contributed by atoms with Crippen molar-refractivity contribution >= 4 is 5.91 Å². The Morgan fingerprint density at radius 1 is 1.26 bits per heavy atom. The average molecular weight is 311 g/mol. The van der Waals surface area contributed by atoms with Crippen LogP contribution in [0.1, 0.15) is 33.5 Å². The molecule has 1 atom stereocenters. The van der Waals surface area contributed by atoms with E-state index in [0.717, 1.165) is 16.7 Å². The minimum Gasteiger partial charge on any atom is -0.493 e. The molecule has 1 aliphatic heterocycles. The third-order valence-corrected chi connectivity index (χ3v) is 4.33. The second-order valence-electron chi connectivity index (χ2n) is 6.13. The number of ether oxygens (including phenoxy) is 1. The van der Waals surface area contributed by atoms with E-state index in [4.69, 9.17) is 4.74 Å². The van der Waals surface area contributed by atoms with Crippen molar-refractivity contribution in [3.63, 3.8) is 0 Å². The summed E-state index contributed by atoms with van der Waals surface area (Å²) in [6, 6.07) is 13.1. The molecule has 4 nitrogen and oxygen atoms in total. The number of aryl methyl sites for hydroxylation is 2. The Balaban J connectivity index is 1.77. The Morgan fingerprint density at radius 2 is 2.04 bits per heavy atom. The van der Waals surface area contributed by atoms with Gasteiger partial charge in [-0.25, -0.2) is 0 Å². The molecular formula is C19H21NO3. The maximum atomic E-state index is 12.4. The molecule has 0 aliphatic carbocycles. The Kier molecular flexibility index (Phi) is 4.09. The summed E-state index contributed by atoms with van der Waals surface area (Å²) in [5.41, 5.74) is 2.33. The summed E-state index contributed by atoms with van der Waals surface area (Å²) in [6.45, 7) is 4.52. The van der Waals surface area contributed by atoms with E-state index in [-0.39, 0.29) is 12.5 Å². The number of para-hydroxylation sites is 1. The maximum Gasteiger partial charge on any atom is 0.251 e. The number of hydrogen-bond donors (Lipinski definition) is 2. The zero-order chi connectivity index (χ0) is 16.4. The molecule has 2 N–H and O–H groups in total. The van der Waals surface area contributed by atoms with Crippen molar-refractivity contribution < 1.29 is 14.6 Å². The van der Waals surface area contributed by atoms with Gasteiger partial charge in [0.05, 0.1) is 13.2 Å². The highest BCUT2D eigenvalue weighted by Crippen LogP contribution is 2.36. The quantitative estimate of drug-likeness (QED) is 0.916. The van der Waals surface area contributed by atoms with Gasteiger partial charge in [-0.1, -0.05) is 35.9 Å². The number of carbonyl (C=O) groups is 1. The van der Waals surface area contributed by atoms with E-state index in [0.29, 0.717) is 24.3 Å². The molecule has 0 saturated carbocycles. The van der Waals surface area contributed by atoms with Crippen LogP contribution in [-0.4, -0.2) is 24.2 Å². The number of aliphatic hydroxyl groups is 1. The summed E-state index contributed by atoms with van der Waals surface area (Å²) in [6.07, 6.45) is 0.456. The summed E-state index contributed by atoms with van der Waals surface area (Å²) in [4.78, 5) is 12.4. The van der Waals surface area contributed by atoms with Crippen LogP contribution in [0.3, 0.4) is 0 Å². The van der Waals surface area contributed by atoms with Gasteiger partial charge in [0, 0.05) is 17.5 Å².